The second kappa shape index (κ2) is 4.41. The molecule has 0 spiro atoms. The predicted molar refractivity (Wildman–Crippen MR) is 68.1 cm³/mol. The Hall–Kier alpha value is -1.74. The molecule has 1 heterocycles. The van der Waals surface area contributed by atoms with Crippen LogP contribution in [-0.4, -0.2) is 4.98 Å². The van der Waals surface area contributed by atoms with Crippen LogP contribution in [0.1, 0.15) is 5.56 Å². The molecule has 0 fully saturated rings. The van der Waals surface area contributed by atoms with Crippen LogP contribution in [-0.2, 0) is 0 Å². The van der Waals surface area contributed by atoms with Crippen molar-refractivity contribution in [2.75, 3.05) is 11.1 Å². The first-order chi connectivity index (χ1) is 7.65. The van der Waals surface area contributed by atoms with E-state index in [0.717, 1.165) is 5.69 Å². The molecule has 0 aliphatic carbocycles. The second-order valence-corrected chi connectivity index (χ2v) is 4.00. The maximum atomic E-state index is 6.01. The molecule has 0 radical (unpaired) electrons. The fourth-order valence-corrected chi connectivity index (χ4v) is 1.54. The molecule has 0 atom stereocenters. The number of nitrogens with zero attached hydrogens (tertiary/aromatic N) is 1. The average Bonchev–Trinajstić information content (AvgIpc) is 2.25. The zero-order valence-corrected chi connectivity index (χ0v) is 9.62. The van der Waals surface area contributed by atoms with E-state index < -0.39 is 0 Å². The largest absolute Gasteiger partial charge is 0.397 e. The van der Waals surface area contributed by atoms with Crippen molar-refractivity contribution in [3.63, 3.8) is 0 Å². The molecule has 3 N–H and O–H groups in total. The van der Waals surface area contributed by atoms with Gasteiger partial charge in [-0.1, -0.05) is 29.3 Å². The van der Waals surface area contributed by atoms with Gasteiger partial charge in [-0.15, -0.1) is 0 Å². The van der Waals surface area contributed by atoms with E-state index in [1.165, 1.54) is 5.56 Å². The van der Waals surface area contributed by atoms with Crippen molar-refractivity contribution in [2.45, 2.75) is 6.92 Å². The van der Waals surface area contributed by atoms with E-state index in [-0.39, 0.29) is 0 Å². The Morgan fingerprint density at radius 1 is 1.25 bits per heavy atom. The van der Waals surface area contributed by atoms with Crippen molar-refractivity contribution in [1.82, 2.24) is 4.98 Å². The first-order valence-electron chi connectivity index (χ1n) is 4.90. The number of halogens is 1. The molecule has 0 aliphatic rings. The molecule has 1 aromatic carbocycles. The van der Waals surface area contributed by atoms with Crippen LogP contribution >= 0.6 is 11.6 Å². The lowest BCUT2D eigenvalue weighted by Crippen LogP contribution is -1.96. The maximum absolute atomic E-state index is 6.01. The third-order valence-corrected chi connectivity index (χ3v) is 2.46. The van der Waals surface area contributed by atoms with E-state index in [4.69, 9.17) is 17.3 Å². The Balaban J connectivity index is 2.23. The van der Waals surface area contributed by atoms with Gasteiger partial charge in [0.05, 0.1) is 16.9 Å². The van der Waals surface area contributed by atoms with Gasteiger partial charge in [0.2, 0.25) is 0 Å². The molecule has 2 aromatic rings. The van der Waals surface area contributed by atoms with Gasteiger partial charge in [0.25, 0.3) is 0 Å². The minimum atomic E-state index is 0.514. The molecule has 0 saturated heterocycles. The number of hydrogen-bond acceptors (Lipinski definition) is 3. The molecule has 3 nitrogen and oxygen atoms in total. The second-order valence-electron chi connectivity index (χ2n) is 3.59. The number of nitrogen functional groups attached to an aromatic ring is 1. The van der Waals surface area contributed by atoms with Crippen LogP contribution in [0.2, 0.25) is 5.02 Å². The number of hydrogen-bond donors (Lipinski definition) is 2. The summed E-state index contributed by atoms with van der Waals surface area (Å²) in [5, 5.41) is 3.64. The summed E-state index contributed by atoms with van der Waals surface area (Å²) < 4.78 is 0. The normalized spacial score (nSPS) is 10.1. The summed E-state index contributed by atoms with van der Waals surface area (Å²) in [6.45, 7) is 2.04. The Bertz CT molecular complexity index is 494. The van der Waals surface area contributed by atoms with E-state index in [1.54, 1.807) is 12.3 Å². The zero-order valence-electron chi connectivity index (χ0n) is 8.87. The third-order valence-electron chi connectivity index (χ3n) is 2.18. The smallest absolute Gasteiger partial charge is 0.149 e. The van der Waals surface area contributed by atoms with Gasteiger partial charge in [0, 0.05) is 5.69 Å². The summed E-state index contributed by atoms with van der Waals surface area (Å²) in [6.07, 6.45) is 1.57. The summed E-state index contributed by atoms with van der Waals surface area (Å²) in [6, 6.07) is 9.67. The molecule has 0 saturated carbocycles. The number of nitrogens with two attached hydrogens (primary N) is 1. The summed E-state index contributed by atoms with van der Waals surface area (Å²) >= 11 is 6.01. The lowest BCUT2D eigenvalue weighted by atomic mass is 10.2. The minimum Gasteiger partial charge on any atom is -0.397 e. The highest BCUT2D eigenvalue weighted by molar-refractivity contribution is 6.33. The number of nitrogens with one attached hydrogen (secondary N) is 1. The molecule has 16 heavy (non-hydrogen) atoms. The number of benzene rings is 1. The molecular weight excluding hydrogens is 222 g/mol. The van der Waals surface area contributed by atoms with Crippen LogP contribution in [0, 0.1) is 6.92 Å². The lowest BCUT2D eigenvalue weighted by Gasteiger charge is -2.07. The fourth-order valence-electron chi connectivity index (χ4n) is 1.32. The molecule has 0 bridgehead atoms. The van der Waals surface area contributed by atoms with Crippen molar-refractivity contribution in [3.05, 3.63) is 47.1 Å². The fraction of sp³-hybridized carbons (Fsp3) is 0.0833. The van der Waals surface area contributed by atoms with Crippen molar-refractivity contribution in [2.24, 2.45) is 0 Å². The van der Waals surface area contributed by atoms with Gasteiger partial charge < -0.3 is 11.1 Å². The highest BCUT2D eigenvalue weighted by Crippen LogP contribution is 2.24. The first kappa shape index (κ1) is 10.8. The van der Waals surface area contributed by atoms with Crippen molar-refractivity contribution < 1.29 is 0 Å². The summed E-state index contributed by atoms with van der Waals surface area (Å²) in [5.74, 6) is 0.611. The highest BCUT2D eigenvalue weighted by Gasteiger charge is 2.02. The van der Waals surface area contributed by atoms with Gasteiger partial charge in [-0.05, 0) is 25.1 Å². The SMILES string of the molecule is Cc1ccc(Nc2ncc(N)cc2Cl)cc1. The summed E-state index contributed by atoms with van der Waals surface area (Å²) in [4.78, 5) is 4.13. The standard InChI is InChI=1S/C12H12ClN3/c1-8-2-4-10(5-3-8)16-12-11(13)6-9(14)7-15-12/h2-7H,14H2,1H3,(H,15,16). The van der Waals surface area contributed by atoms with E-state index in [2.05, 4.69) is 10.3 Å². The molecule has 82 valence electrons. The number of aryl methyl sites for hydroxylation is 1. The average molecular weight is 234 g/mol. The number of anilines is 3. The van der Waals surface area contributed by atoms with Crippen LogP contribution in [0.25, 0.3) is 0 Å². The summed E-state index contributed by atoms with van der Waals surface area (Å²) in [5.41, 5.74) is 8.28. The van der Waals surface area contributed by atoms with Crippen molar-refractivity contribution in [3.8, 4) is 0 Å². The number of pyridine rings is 1. The highest BCUT2D eigenvalue weighted by atomic mass is 35.5. The third kappa shape index (κ3) is 2.44. The van der Waals surface area contributed by atoms with E-state index in [9.17, 15) is 0 Å². The predicted octanol–water partition coefficient (Wildman–Crippen LogP) is 3.37. The lowest BCUT2D eigenvalue weighted by molar-refractivity contribution is 1.31. The van der Waals surface area contributed by atoms with Gasteiger partial charge in [-0.25, -0.2) is 4.98 Å². The van der Waals surface area contributed by atoms with Gasteiger partial charge in [-0.3, -0.25) is 0 Å². The van der Waals surface area contributed by atoms with Crippen LogP contribution in [0.4, 0.5) is 17.2 Å². The van der Waals surface area contributed by atoms with Crippen LogP contribution in [0.5, 0.6) is 0 Å². The molecule has 1 aromatic heterocycles. The van der Waals surface area contributed by atoms with Crippen molar-refractivity contribution in [1.29, 1.82) is 0 Å². The van der Waals surface area contributed by atoms with Crippen molar-refractivity contribution >= 4 is 28.8 Å². The van der Waals surface area contributed by atoms with Crippen LogP contribution < -0.4 is 11.1 Å². The van der Waals surface area contributed by atoms with E-state index in [1.807, 2.05) is 31.2 Å². The first-order valence-corrected chi connectivity index (χ1v) is 5.27. The molecule has 4 heteroatoms. The van der Waals surface area contributed by atoms with E-state index in [0.29, 0.717) is 16.5 Å². The van der Waals surface area contributed by atoms with Gasteiger partial charge in [0.1, 0.15) is 5.82 Å². The summed E-state index contributed by atoms with van der Waals surface area (Å²) in [7, 11) is 0. The Labute approximate surface area is 99.3 Å². The zero-order chi connectivity index (χ0) is 11.5. The van der Waals surface area contributed by atoms with Gasteiger partial charge >= 0.3 is 0 Å². The molecule has 0 amide bonds. The van der Waals surface area contributed by atoms with Crippen LogP contribution in [0.3, 0.4) is 0 Å². The number of aromatic nitrogens is 1. The van der Waals surface area contributed by atoms with E-state index >= 15 is 0 Å². The molecule has 0 unspecified atom stereocenters. The molecule has 0 aliphatic heterocycles. The quantitative estimate of drug-likeness (QED) is 0.836. The Morgan fingerprint density at radius 3 is 2.56 bits per heavy atom. The molecule has 2 rings (SSSR count). The topological polar surface area (TPSA) is 50.9 Å². The van der Waals surface area contributed by atoms with Gasteiger partial charge in [0.15, 0.2) is 0 Å². The Kier molecular flexibility index (Phi) is 2.97. The maximum Gasteiger partial charge on any atom is 0.149 e. The van der Waals surface area contributed by atoms with Gasteiger partial charge in [-0.2, -0.15) is 0 Å². The number of rotatable bonds is 2. The molecular formula is C12H12ClN3. The minimum absolute atomic E-state index is 0.514. The monoisotopic (exact) mass is 233 g/mol. The van der Waals surface area contributed by atoms with Crippen LogP contribution in [0.15, 0.2) is 36.5 Å². The Morgan fingerprint density at radius 2 is 1.94 bits per heavy atom.